The van der Waals surface area contributed by atoms with E-state index >= 15 is 0 Å². The van der Waals surface area contributed by atoms with Crippen LogP contribution in [0.2, 0.25) is 0 Å². The van der Waals surface area contributed by atoms with Gasteiger partial charge in [0.15, 0.2) is 5.71 Å². The van der Waals surface area contributed by atoms with Crippen molar-refractivity contribution in [1.29, 1.82) is 0 Å². The first-order chi connectivity index (χ1) is 38.4. The molecule has 0 bridgehead atoms. The summed E-state index contributed by atoms with van der Waals surface area (Å²) in [5.74, 6) is 0.0614. The van der Waals surface area contributed by atoms with Crippen molar-refractivity contribution in [2.75, 3.05) is 89.8 Å². The highest BCUT2D eigenvalue weighted by Crippen LogP contribution is 2.31. The predicted molar refractivity (Wildman–Crippen MR) is 286 cm³/mol. The molecule has 1 aliphatic rings. The molecule has 0 fully saturated rings. The third-order valence-electron chi connectivity index (χ3n) is 11.2. The van der Waals surface area contributed by atoms with Crippen LogP contribution in [0.4, 0.5) is 64.1 Å². The SMILES string of the molecule is CC1=CCN(CCNc2nc(NCCO)nc(Nc3ccc(Nc4nc(NCCO)nc(NCCn5c(O)c(N=Nc6cc(COO)cc(COO)c6)c(C)cc5=O)n4)cc3)n2)C(=O)C1=NNc1cc(COO)cc(COO)c1. The number of hydrogen-bond donors (Lipinski definition) is 14. The molecule has 7 rings (SSSR count). The Kier molecular flexibility index (Phi) is 21.2. The number of aliphatic hydroxyl groups excluding tert-OH is 2. The van der Waals surface area contributed by atoms with Gasteiger partial charge >= 0.3 is 0 Å². The number of hydrogen-bond acceptors (Lipinski definition) is 29. The van der Waals surface area contributed by atoms with Gasteiger partial charge in [0, 0.05) is 63.3 Å². The Morgan fingerprint density at radius 2 is 1.03 bits per heavy atom. The number of aliphatic hydroxyl groups is 2. The van der Waals surface area contributed by atoms with Crippen molar-refractivity contribution in [3.8, 4) is 5.88 Å². The Morgan fingerprint density at radius 3 is 1.51 bits per heavy atom. The van der Waals surface area contributed by atoms with Crippen LogP contribution in [0, 0.1) is 6.92 Å². The molecule has 0 radical (unpaired) electrons. The van der Waals surface area contributed by atoms with Crippen LogP contribution < -0.4 is 42.9 Å². The third kappa shape index (κ3) is 16.8. The van der Waals surface area contributed by atoms with Gasteiger partial charge in [-0.1, -0.05) is 18.2 Å². The van der Waals surface area contributed by atoms with Crippen molar-refractivity contribution in [2.24, 2.45) is 15.3 Å². The van der Waals surface area contributed by atoms with Gasteiger partial charge in [-0.15, -0.1) is 5.11 Å². The number of aryl methyl sites for hydroxylation is 1. The summed E-state index contributed by atoms with van der Waals surface area (Å²) < 4.78 is 1.09. The average molecular weight is 1100 g/mol. The van der Waals surface area contributed by atoms with E-state index in [1.54, 1.807) is 79.4 Å². The number of rotatable bonds is 30. The average Bonchev–Trinajstić information content (AvgIpc) is 3.47. The van der Waals surface area contributed by atoms with Crippen molar-refractivity contribution >= 4 is 75.7 Å². The van der Waals surface area contributed by atoms with E-state index in [2.05, 4.69) is 102 Å². The highest BCUT2D eigenvalue weighted by atomic mass is 17.1. The molecule has 4 heterocycles. The number of pyridine rings is 1. The highest BCUT2D eigenvalue weighted by molar-refractivity contribution is 6.45. The Hall–Kier alpha value is -8.89. The molecule has 1 aliphatic heterocycles. The largest absolute Gasteiger partial charge is 0.493 e. The van der Waals surface area contributed by atoms with Crippen LogP contribution in [0.3, 0.4) is 0 Å². The Bertz CT molecular complexity index is 3140. The maximum absolute atomic E-state index is 13.6. The van der Waals surface area contributed by atoms with Crippen LogP contribution in [-0.4, -0.2) is 140 Å². The molecule has 6 aromatic rings. The second-order valence-corrected chi connectivity index (χ2v) is 17.1. The van der Waals surface area contributed by atoms with Crippen LogP contribution in [0.5, 0.6) is 5.88 Å². The topological polar surface area (TPSA) is 419 Å². The maximum atomic E-state index is 13.6. The normalized spacial score (nSPS) is 13.0. The van der Waals surface area contributed by atoms with E-state index in [1.807, 2.05) is 6.08 Å². The van der Waals surface area contributed by atoms with Gasteiger partial charge in [-0.3, -0.25) is 40.6 Å². The zero-order chi connectivity index (χ0) is 56.1. The smallest absolute Gasteiger partial charge is 0.274 e. The summed E-state index contributed by atoms with van der Waals surface area (Å²) in [5.41, 5.74) is 7.63. The van der Waals surface area contributed by atoms with Crippen LogP contribution in [0.15, 0.2) is 98.5 Å². The maximum Gasteiger partial charge on any atom is 0.274 e. The molecule has 1 amide bonds. The zero-order valence-corrected chi connectivity index (χ0v) is 42.6. The lowest BCUT2D eigenvalue weighted by atomic mass is 10.1. The minimum atomic E-state index is -0.511. The number of hydrazone groups is 1. The number of anilines is 9. The minimum Gasteiger partial charge on any atom is -0.493 e. The molecule has 0 saturated carbocycles. The van der Waals surface area contributed by atoms with E-state index in [0.717, 1.165) is 4.57 Å². The van der Waals surface area contributed by atoms with E-state index in [1.165, 1.54) is 6.07 Å². The molecule has 0 aliphatic carbocycles. The van der Waals surface area contributed by atoms with E-state index in [9.17, 15) is 24.9 Å². The summed E-state index contributed by atoms with van der Waals surface area (Å²) in [6.07, 6.45) is 1.87. The van der Waals surface area contributed by atoms with Gasteiger partial charge in [0.2, 0.25) is 41.6 Å². The van der Waals surface area contributed by atoms with E-state index in [0.29, 0.717) is 62.7 Å². The quantitative estimate of drug-likeness (QED) is 0.0165. The number of azo groups is 1. The van der Waals surface area contributed by atoms with Crippen molar-refractivity contribution in [1.82, 2.24) is 39.4 Å². The number of carbonyl (C=O) groups is 1. The third-order valence-corrected chi connectivity index (χ3v) is 11.2. The van der Waals surface area contributed by atoms with Gasteiger partial charge in [0.1, 0.15) is 32.1 Å². The van der Waals surface area contributed by atoms with Crippen LogP contribution >= 0.6 is 0 Å². The lowest BCUT2D eigenvalue weighted by Gasteiger charge is -2.26. The first kappa shape index (κ1) is 57.8. The van der Waals surface area contributed by atoms with Crippen LogP contribution in [0.1, 0.15) is 34.7 Å². The summed E-state index contributed by atoms with van der Waals surface area (Å²) >= 11 is 0. The molecule has 3 aromatic heterocycles. The molecule has 0 saturated heterocycles. The van der Waals surface area contributed by atoms with Crippen LogP contribution in [0.25, 0.3) is 0 Å². The molecule has 0 unspecified atom stereocenters. The van der Waals surface area contributed by atoms with Crippen molar-refractivity contribution in [2.45, 2.75) is 46.8 Å². The first-order valence-corrected chi connectivity index (χ1v) is 24.2. The number of aromatic nitrogens is 7. The molecular weight excluding hydrogens is 1040 g/mol. The molecule has 0 spiro atoms. The minimum absolute atomic E-state index is 0.0231. The fourth-order valence-corrected chi connectivity index (χ4v) is 7.63. The standard InChI is InChI=1S/C48H58N18O13/c1-28-7-12-65(41(70)39(28)63-61-36-20-30(24-76-72)18-31(21-36)25-77-73)13-8-49-43-55-45(51-10-15-67)59-47(57-43)53-34-3-5-35(6-4-34)54-48-58-44(56-46(60-48)52-11-16-68)50-9-14-66-38(69)17-29(2)40(42(66)71)64-62-37-22-32(26-78-74)19-33(23-37)27-79-75/h3-7,17-23,61,67-68,71-75H,8-16,24-27H2,1-2H3,(H3,49,51,53,55,57,59)(H3,50,52,54,56,58,60). The summed E-state index contributed by atoms with van der Waals surface area (Å²) in [4.78, 5) is 71.8. The molecule has 418 valence electrons. The number of nitrogens with zero attached hydrogens (tertiary/aromatic N) is 11. The zero-order valence-electron chi connectivity index (χ0n) is 42.6. The molecule has 31 heteroatoms. The van der Waals surface area contributed by atoms with E-state index in [-0.39, 0.29) is 132 Å². The molecule has 14 N–H and O–H groups in total. The number of aromatic hydroxyl groups is 1. The second-order valence-electron chi connectivity index (χ2n) is 17.1. The lowest BCUT2D eigenvalue weighted by Crippen LogP contribution is -2.43. The van der Waals surface area contributed by atoms with Gasteiger partial charge in [-0.05, 0) is 95.8 Å². The number of amides is 1. The van der Waals surface area contributed by atoms with Crippen molar-refractivity contribution < 1.29 is 60.7 Å². The Morgan fingerprint density at radius 1 is 0.570 bits per heavy atom. The monoisotopic (exact) mass is 1090 g/mol. The number of carbonyl (C=O) groups excluding carboxylic acids is 1. The second kappa shape index (κ2) is 29.0. The highest BCUT2D eigenvalue weighted by Gasteiger charge is 2.25. The molecule has 31 nitrogen and oxygen atoms in total. The molecule has 3 aromatic carbocycles. The molecular formula is C48H58N18O13. The summed E-state index contributed by atoms with van der Waals surface area (Å²) in [6, 6.07) is 18.0. The summed E-state index contributed by atoms with van der Waals surface area (Å²) in [7, 11) is 0. The Balaban J connectivity index is 0.980. The fraction of sp³-hybridized carbons (Fsp3) is 0.312. The van der Waals surface area contributed by atoms with Crippen molar-refractivity contribution in [3.63, 3.8) is 0 Å². The molecule has 0 atom stereocenters. The van der Waals surface area contributed by atoms with Crippen molar-refractivity contribution in [3.05, 3.63) is 117 Å². The van der Waals surface area contributed by atoms with Gasteiger partial charge in [-0.2, -0.15) is 40.1 Å². The van der Waals surface area contributed by atoms with Crippen LogP contribution in [-0.2, 0) is 57.3 Å². The van der Waals surface area contributed by atoms with Gasteiger partial charge in [0.05, 0.1) is 24.6 Å². The lowest BCUT2D eigenvalue weighted by molar-refractivity contribution is -0.254. The summed E-state index contributed by atoms with van der Waals surface area (Å²) in [5, 5.41) is 97.0. The predicted octanol–water partition coefficient (Wildman–Crippen LogP) is 4.68. The Labute approximate surface area is 449 Å². The number of benzene rings is 3. The summed E-state index contributed by atoms with van der Waals surface area (Å²) in [6.45, 7) is 3.47. The van der Waals surface area contributed by atoms with Gasteiger partial charge < -0.3 is 52.1 Å². The molecule has 79 heavy (non-hydrogen) atoms. The van der Waals surface area contributed by atoms with Gasteiger partial charge in [-0.25, -0.2) is 19.6 Å². The van der Waals surface area contributed by atoms with Gasteiger partial charge in [0.25, 0.3) is 11.5 Å². The van der Waals surface area contributed by atoms with E-state index < -0.39 is 11.4 Å². The number of nitrogens with one attached hydrogen (secondary N) is 7. The first-order valence-electron chi connectivity index (χ1n) is 24.2. The fourth-order valence-electron chi connectivity index (χ4n) is 7.63. The van der Waals surface area contributed by atoms with E-state index in [4.69, 9.17) is 21.0 Å².